The molecule has 7 nitrogen and oxygen atoms in total. The van der Waals surface area contributed by atoms with Crippen molar-refractivity contribution < 1.29 is 13.2 Å². The number of benzene rings is 2. The molecule has 0 spiro atoms. The third-order valence-electron chi connectivity index (χ3n) is 4.13. The molecule has 2 aromatic rings. The van der Waals surface area contributed by atoms with E-state index in [1.54, 1.807) is 13.0 Å². The molecule has 0 heterocycles. The van der Waals surface area contributed by atoms with Crippen LogP contribution in [0.15, 0.2) is 47.6 Å². The van der Waals surface area contributed by atoms with Crippen molar-refractivity contribution in [2.45, 2.75) is 13.8 Å². The number of amides is 1. The number of nitrogens with one attached hydrogen (secondary N) is 1. The predicted molar refractivity (Wildman–Crippen MR) is 115 cm³/mol. The smallest absolute Gasteiger partial charge is 0.260 e. The molecule has 2 aromatic carbocycles. The zero-order valence-electron chi connectivity index (χ0n) is 16.8. The molecule has 1 N–H and O–H groups in total. The van der Waals surface area contributed by atoms with Crippen LogP contribution in [0.1, 0.15) is 16.7 Å². The number of carbonyl (C=O) groups is 1. The average molecular weight is 403 g/mol. The van der Waals surface area contributed by atoms with Gasteiger partial charge < -0.3 is 4.90 Å². The fraction of sp³-hybridized carbons (Fsp3) is 0.300. The maximum absolute atomic E-state index is 12.3. The molecule has 8 heteroatoms. The minimum absolute atomic E-state index is 0.347. The highest BCUT2D eigenvalue weighted by Gasteiger charge is 2.22. The van der Waals surface area contributed by atoms with E-state index >= 15 is 0 Å². The maximum Gasteiger partial charge on any atom is 0.260 e. The van der Waals surface area contributed by atoms with Crippen molar-refractivity contribution >= 4 is 33.5 Å². The Morgan fingerprint density at radius 2 is 1.75 bits per heavy atom. The van der Waals surface area contributed by atoms with Gasteiger partial charge in [0.15, 0.2) is 0 Å². The topological polar surface area (TPSA) is 82.1 Å². The van der Waals surface area contributed by atoms with E-state index in [0.29, 0.717) is 5.69 Å². The monoisotopic (exact) mass is 402 g/mol. The van der Waals surface area contributed by atoms with Gasteiger partial charge in [0.05, 0.1) is 18.2 Å². The lowest BCUT2D eigenvalue weighted by atomic mass is 10.1. The lowest BCUT2D eigenvalue weighted by Gasteiger charge is -2.23. The summed E-state index contributed by atoms with van der Waals surface area (Å²) in [6.07, 6.45) is 2.59. The van der Waals surface area contributed by atoms with Gasteiger partial charge in [-0.15, -0.1) is 0 Å². The van der Waals surface area contributed by atoms with Crippen LogP contribution in [-0.4, -0.2) is 47.4 Å². The van der Waals surface area contributed by atoms with Gasteiger partial charge >= 0.3 is 0 Å². The second-order valence-electron chi connectivity index (χ2n) is 6.84. The summed E-state index contributed by atoms with van der Waals surface area (Å²) in [7, 11) is 0.276. The molecule has 0 aromatic heterocycles. The van der Waals surface area contributed by atoms with Crippen LogP contribution in [0.3, 0.4) is 0 Å². The Labute approximate surface area is 166 Å². The summed E-state index contributed by atoms with van der Waals surface area (Å²) in [6, 6.07) is 13.1. The summed E-state index contributed by atoms with van der Waals surface area (Å²) in [5.41, 5.74) is 6.43. The molecule has 0 bridgehead atoms. The van der Waals surface area contributed by atoms with E-state index in [2.05, 4.69) is 10.5 Å². The SMILES string of the molecule is Cc1ccc(C)c(N(CC(=O)N/N=C\c2ccc(N(C)C)cc2)S(C)(=O)=O)c1. The van der Waals surface area contributed by atoms with Gasteiger partial charge in [0.2, 0.25) is 10.0 Å². The quantitative estimate of drug-likeness (QED) is 0.569. The summed E-state index contributed by atoms with van der Waals surface area (Å²) in [4.78, 5) is 14.2. The number of anilines is 2. The molecule has 0 aliphatic heterocycles. The van der Waals surface area contributed by atoms with Crippen LogP contribution in [-0.2, 0) is 14.8 Å². The minimum Gasteiger partial charge on any atom is -0.378 e. The second kappa shape index (κ2) is 8.88. The molecule has 0 aliphatic carbocycles. The first kappa shape index (κ1) is 21.4. The van der Waals surface area contributed by atoms with E-state index in [1.807, 2.05) is 62.3 Å². The van der Waals surface area contributed by atoms with Gasteiger partial charge in [0, 0.05) is 19.8 Å². The third-order valence-corrected chi connectivity index (χ3v) is 5.26. The van der Waals surface area contributed by atoms with Crippen molar-refractivity contribution in [1.82, 2.24) is 5.43 Å². The van der Waals surface area contributed by atoms with Crippen molar-refractivity contribution in [3.8, 4) is 0 Å². The van der Waals surface area contributed by atoms with Crippen LogP contribution in [0, 0.1) is 13.8 Å². The Kier molecular flexibility index (Phi) is 6.80. The highest BCUT2D eigenvalue weighted by Crippen LogP contribution is 2.23. The molecule has 2 rings (SSSR count). The molecule has 28 heavy (non-hydrogen) atoms. The van der Waals surface area contributed by atoms with Gasteiger partial charge in [-0.25, -0.2) is 13.8 Å². The number of sulfonamides is 1. The van der Waals surface area contributed by atoms with Crippen LogP contribution in [0.2, 0.25) is 0 Å². The lowest BCUT2D eigenvalue weighted by molar-refractivity contribution is -0.119. The summed E-state index contributed by atoms with van der Waals surface area (Å²) in [5, 5.41) is 3.93. The van der Waals surface area contributed by atoms with Crippen molar-refractivity contribution in [2.75, 3.05) is 36.1 Å². The number of nitrogens with zero attached hydrogens (tertiary/aromatic N) is 3. The summed E-state index contributed by atoms with van der Waals surface area (Å²) in [6.45, 7) is 3.33. The predicted octanol–water partition coefficient (Wildman–Crippen LogP) is 2.29. The van der Waals surface area contributed by atoms with E-state index in [4.69, 9.17) is 0 Å². The summed E-state index contributed by atoms with van der Waals surface area (Å²) >= 11 is 0. The first-order valence-corrected chi connectivity index (χ1v) is 10.6. The Morgan fingerprint density at radius 1 is 1.11 bits per heavy atom. The van der Waals surface area contributed by atoms with E-state index in [1.165, 1.54) is 6.21 Å². The number of hydrogen-bond donors (Lipinski definition) is 1. The van der Waals surface area contributed by atoms with Crippen molar-refractivity contribution in [1.29, 1.82) is 0 Å². The standard InChI is InChI=1S/C20H26N4O3S/c1-15-6-7-16(2)19(12-15)24(28(5,26)27)14-20(25)22-21-13-17-8-10-18(11-9-17)23(3)4/h6-13H,14H2,1-5H3,(H,22,25)/b21-13-. The number of hydrogen-bond acceptors (Lipinski definition) is 5. The summed E-state index contributed by atoms with van der Waals surface area (Å²) in [5.74, 6) is -0.521. The molecular formula is C20H26N4O3S. The maximum atomic E-state index is 12.3. The van der Waals surface area contributed by atoms with E-state index in [-0.39, 0.29) is 6.54 Å². The molecule has 0 unspecified atom stereocenters. The molecule has 0 atom stereocenters. The third kappa shape index (κ3) is 5.82. The van der Waals surface area contributed by atoms with Gasteiger partial charge in [0.25, 0.3) is 5.91 Å². The van der Waals surface area contributed by atoms with Gasteiger partial charge in [0.1, 0.15) is 6.54 Å². The van der Waals surface area contributed by atoms with Gasteiger partial charge in [-0.1, -0.05) is 24.3 Å². The number of carbonyl (C=O) groups excluding carboxylic acids is 1. The molecule has 150 valence electrons. The molecule has 0 saturated heterocycles. The zero-order chi connectivity index (χ0) is 20.9. The Bertz CT molecular complexity index is 967. The zero-order valence-corrected chi connectivity index (χ0v) is 17.6. The fourth-order valence-electron chi connectivity index (χ4n) is 2.57. The van der Waals surface area contributed by atoms with Gasteiger partial charge in [-0.05, 0) is 48.7 Å². The van der Waals surface area contributed by atoms with Gasteiger partial charge in [-0.3, -0.25) is 9.10 Å². The molecule has 1 amide bonds. The molecule has 0 radical (unpaired) electrons. The first-order valence-electron chi connectivity index (χ1n) is 8.72. The van der Waals surface area contributed by atoms with Crippen LogP contribution in [0.5, 0.6) is 0 Å². The number of hydrazone groups is 1. The number of rotatable bonds is 7. The van der Waals surface area contributed by atoms with Crippen LogP contribution in [0.4, 0.5) is 11.4 Å². The van der Waals surface area contributed by atoms with E-state index < -0.39 is 15.9 Å². The highest BCUT2D eigenvalue weighted by atomic mass is 32.2. The van der Waals surface area contributed by atoms with Crippen molar-refractivity contribution in [3.05, 3.63) is 59.2 Å². The van der Waals surface area contributed by atoms with Gasteiger partial charge in [-0.2, -0.15) is 5.10 Å². The first-order chi connectivity index (χ1) is 13.1. The average Bonchev–Trinajstić information content (AvgIpc) is 2.61. The molecule has 0 fully saturated rings. The molecule has 0 aliphatic rings. The fourth-order valence-corrected chi connectivity index (χ4v) is 3.48. The van der Waals surface area contributed by atoms with Crippen LogP contribution < -0.4 is 14.6 Å². The molecular weight excluding hydrogens is 376 g/mol. The normalized spacial score (nSPS) is 11.5. The van der Waals surface area contributed by atoms with Crippen molar-refractivity contribution in [3.63, 3.8) is 0 Å². The molecule has 0 saturated carbocycles. The minimum atomic E-state index is -3.63. The number of aryl methyl sites for hydroxylation is 2. The van der Waals surface area contributed by atoms with E-state index in [9.17, 15) is 13.2 Å². The van der Waals surface area contributed by atoms with E-state index in [0.717, 1.165) is 32.9 Å². The Morgan fingerprint density at radius 3 is 2.32 bits per heavy atom. The second-order valence-corrected chi connectivity index (χ2v) is 8.75. The van der Waals surface area contributed by atoms with Crippen LogP contribution in [0.25, 0.3) is 0 Å². The highest BCUT2D eigenvalue weighted by molar-refractivity contribution is 7.92. The lowest BCUT2D eigenvalue weighted by Crippen LogP contribution is -2.39. The largest absolute Gasteiger partial charge is 0.378 e. The van der Waals surface area contributed by atoms with Crippen molar-refractivity contribution in [2.24, 2.45) is 5.10 Å². The summed E-state index contributed by atoms with van der Waals surface area (Å²) < 4.78 is 25.5. The Hall–Kier alpha value is -2.87. The Balaban J connectivity index is 2.09. The van der Waals surface area contributed by atoms with Crippen LogP contribution >= 0.6 is 0 Å².